The number of thiol groups is 1. The minimum atomic E-state index is -1.19. The van der Waals surface area contributed by atoms with E-state index in [-0.39, 0.29) is 22.8 Å². The third-order valence-electron chi connectivity index (χ3n) is 5.09. The number of aryl methyl sites for hydroxylation is 3. The molecule has 1 unspecified atom stereocenters. The SMILES string of the molecule is C#[SH](N[C@@H](CC(=O)OCC)c1cc(-c2c(C)cc(C)cc2C)cc(Cl)c1F)C(C)(C)C. The Labute approximate surface area is 193 Å². The third kappa shape index (κ3) is 6.36. The molecule has 0 saturated carbocycles. The van der Waals surface area contributed by atoms with Gasteiger partial charge < -0.3 is 4.74 Å². The maximum atomic E-state index is 15.2. The van der Waals surface area contributed by atoms with Gasteiger partial charge in [0.05, 0.1) is 24.1 Å². The number of hydrogen-bond acceptors (Lipinski definition) is 3. The van der Waals surface area contributed by atoms with E-state index in [4.69, 9.17) is 22.0 Å². The van der Waals surface area contributed by atoms with E-state index in [2.05, 4.69) is 16.9 Å². The van der Waals surface area contributed by atoms with Crippen molar-refractivity contribution in [3.63, 3.8) is 0 Å². The van der Waals surface area contributed by atoms with E-state index in [1.54, 1.807) is 19.1 Å². The van der Waals surface area contributed by atoms with Crippen LogP contribution in [-0.2, 0) is 9.53 Å². The maximum Gasteiger partial charge on any atom is 0.307 e. The molecule has 31 heavy (non-hydrogen) atoms. The van der Waals surface area contributed by atoms with E-state index in [0.29, 0.717) is 5.56 Å². The standard InChI is InChI=1S/C25H33ClFNO2S/c1-9-30-22(29)14-21(28-31(8)25(5,6)7)19-12-18(13-20(26)24(19)27)23-16(3)10-15(2)11-17(23)4/h8,10-13,21,28,31H,9,14H2,1-7H3/t21-/m0/s1. The second kappa shape index (κ2) is 10.2. The van der Waals surface area contributed by atoms with Crippen molar-refractivity contribution < 1.29 is 13.9 Å². The van der Waals surface area contributed by atoms with E-state index in [0.717, 1.165) is 27.8 Å². The summed E-state index contributed by atoms with van der Waals surface area (Å²) in [6.45, 7) is 14.1. The van der Waals surface area contributed by atoms with Crippen LogP contribution in [0.5, 0.6) is 0 Å². The molecule has 0 heterocycles. The van der Waals surface area contributed by atoms with E-state index >= 15 is 4.39 Å². The molecule has 0 saturated heterocycles. The van der Waals surface area contributed by atoms with E-state index in [9.17, 15) is 4.79 Å². The van der Waals surface area contributed by atoms with Gasteiger partial charge in [0.2, 0.25) is 0 Å². The summed E-state index contributed by atoms with van der Waals surface area (Å²) < 4.78 is 23.4. The molecule has 0 radical (unpaired) electrons. The lowest BCUT2D eigenvalue weighted by molar-refractivity contribution is -0.143. The normalized spacial score (nSPS) is 13.7. The van der Waals surface area contributed by atoms with Crippen LogP contribution < -0.4 is 4.72 Å². The van der Waals surface area contributed by atoms with E-state index < -0.39 is 28.3 Å². The molecular formula is C25H33ClFNO2S. The summed E-state index contributed by atoms with van der Waals surface area (Å²) >= 11 is 6.33. The average molecular weight is 466 g/mol. The number of rotatable bonds is 6. The van der Waals surface area contributed by atoms with Crippen molar-refractivity contribution >= 4 is 28.1 Å². The number of ether oxygens (including phenoxy) is 1. The highest BCUT2D eigenvalue weighted by Gasteiger charge is 2.25. The van der Waals surface area contributed by atoms with Gasteiger partial charge in [0.1, 0.15) is 5.82 Å². The molecule has 2 aromatic rings. The Morgan fingerprint density at radius 1 is 1.19 bits per heavy atom. The number of halogens is 2. The van der Waals surface area contributed by atoms with Crippen molar-refractivity contribution in [3.05, 3.63) is 57.4 Å². The van der Waals surface area contributed by atoms with Crippen LogP contribution in [0.2, 0.25) is 5.02 Å². The molecule has 2 rings (SSSR count). The van der Waals surface area contributed by atoms with Crippen molar-refractivity contribution in [2.45, 2.75) is 65.7 Å². The second-order valence-electron chi connectivity index (χ2n) is 8.87. The molecule has 2 atom stereocenters. The van der Waals surface area contributed by atoms with Crippen molar-refractivity contribution in [2.75, 3.05) is 6.61 Å². The number of hydrogen-bond donors (Lipinski definition) is 2. The summed E-state index contributed by atoms with van der Waals surface area (Å²) in [5, 5.41) is 0.0136. The number of esters is 1. The lowest BCUT2D eigenvalue weighted by Gasteiger charge is -2.29. The molecule has 1 N–H and O–H groups in total. The Balaban J connectivity index is 2.63. The molecule has 170 valence electrons. The van der Waals surface area contributed by atoms with Crippen LogP contribution in [0.25, 0.3) is 11.1 Å². The van der Waals surface area contributed by atoms with Gasteiger partial charge in [-0.25, -0.2) is 4.39 Å². The number of carbonyl (C=O) groups is 1. The fraction of sp³-hybridized carbons (Fsp3) is 0.440. The van der Waals surface area contributed by atoms with Crippen molar-refractivity contribution in [1.82, 2.24) is 4.72 Å². The Bertz CT molecular complexity index is 1030. The van der Waals surface area contributed by atoms with Gasteiger partial charge in [0.15, 0.2) is 0 Å². The van der Waals surface area contributed by atoms with Crippen LogP contribution in [0, 0.1) is 32.3 Å². The summed E-state index contributed by atoms with van der Waals surface area (Å²) in [5.41, 5.74) is 11.8. The molecular weight excluding hydrogens is 433 g/mol. The number of benzene rings is 2. The van der Waals surface area contributed by atoms with Crippen LogP contribution in [0.3, 0.4) is 0 Å². The maximum absolute atomic E-state index is 15.2. The highest BCUT2D eigenvalue weighted by atomic mass is 35.5. The molecule has 0 spiro atoms. The summed E-state index contributed by atoms with van der Waals surface area (Å²) in [4.78, 5) is 12.3. The molecule has 6 heteroatoms. The molecule has 0 fully saturated rings. The predicted octanol–water partition coefficient (Wildman–Crippen LogP) is 6.96. The van der Waals surface area contributed by atoms with Crippen molar-refractivity contribution in [2.24, 2.45) is 0 Å². The van der Waals surface area contributed by atoms with Gasteiger partial charge in [0.25, 0.3) is 0 Å². The second-order valence-corrected chi connectivity index (χ2v) is 11.6. The minimum Gasteiger partial charge on any atom is -0.466 e. The molecule has 0 amide bonds. The Morgan fingerprint density at radius 2 is 1.77 bits per heavy atom. The van der Waals surface area contributed by atoms with Crippen LogP contribution in [0.15, 0.2) is 24.3 Å². The van der Waals surface area contributed by atoms with Gasteiger partial charge in [-0.3, -0.25) is 9.52 Å². The van der Waals surface area contributed by atoms with Gasteiger partial charge in [-0.2, -0.15) is 0 Å². The van der Waals surface area contributed by atoms with Crippen molar-refractivity contribution in [1.29, 1.82) is 0 Å². The van der Waals surface area contributed by atoms with Gasteiger partial charge in [-0.05, 0) is 62.1 Å². The minimum absolute atomic E-state index is 0.0136. The van der Waals surface area contributed by atoms with E-state index in [1.807, 2.05) is 41.5 Å². The lowest BCUT2D eigenvalue weighted by atomic mass is 9.91. The molecule has 3 nitrogen and oxygen atoms in total. The Hall–Kier alpha value is -1.78. The van der Waals surface area contributed by atoms with Crippen LogP contribution in [0.1, 0.15) is 62.4 Å². The summed E-state index contributed by atoms with van der Waals surface area (Å²) in [6, 6.07) is 6.94. The highest BCUT2D eigenvalue weighted by molar-refractivity contribution is 8.06. The fourth-order valence-corrected chi connectivity index (χ4v) is 4.80. The molecule has 0 aliphatic heterocycles. The zero-order valence-electron chi connectivity index (χ0n) is 19.4. The van der Waals surface area contributed by atoms with Crippen LogP contribution in [-0.4, -0.2) is 17.3 Å². The van der Waals surface area contributed by atoms with Gasteiger partial charge in [0, 0.05) is 10.3 Å². The van der Waals surface area contributed by atoms with Gasteiger partial charge in [-0.15, -0.1) is 16.2 Å². The third-order valence-corrected chi connectivity index (χ3v) is 7.40. The summed E-state index contributed by atoms with van der Waals surface area (Å²) in [7, 11) is -1.19. The Morgan fingerprint density at radius 3 is 2.29 bits per heavy atom. The zero-order valence-corrected chi connectivity index (χ0v) is 21.0. The van der Waals surface area contributed by atoms with Crippen molar-refractivity contribution in [3.8, 4) is 16.8 Å². The topological polar surface area (TPSA) is 38.3 Å². The Kier molecular flexibility index (Phi) is 8.40. The predicted molar refractivity (Wildman–Crippen MR) is 132 cm³/mol. The first kappa shape index (κ1) is 25.5. The number of carbonyl (C=O) groups excluding carboxylic acids is 1. The molecule has 0 bridgehead atoms. The summed E-state index contributed by atoms with van der Waals surface area (Å²) in [6.07, 6.45) is -0.0392. The fourth-order valence-electron chi connectivity index (χ4n) is 3.62. The smallest absolute Gasteiger partial charge is 0.307 e. The largest absolute Gasteiger partial charge is 0.466 e. The average Bonchev–Trinajstić information content (AvgIpc) is 2.62. The van der Waals surface area contributed by atoms with Gasteiger partial charge in [-0.1, -0.05) is 50.1 Å². The van der Waals surface area contributed by atoms with Crippen LogP contribution in [0.4, 0.5) is 4.39 Å². The van der Waals surface area contributed by atoms with Crippen LogP contribution >= 0.6 is 22.1 Å². The number of nitrogens with one attached hydrogen (secondary N) is 1. The van der Waals surface area contributed by atoms with Gasteiger partial charge >= 0.3 is 5.97 Å². The molecule has 0 aliphatic carbocycles. The first-order valence-electron chi connectivity index (χ1n) is 10.4. The first-order chi connectivity index (χ1) is 14.3. The highest BCUT2D eigenvalue weighted by Crippen LogP contribution is 2.37. The molecule has 2 aromatic carbocycles. The zero-order chi connectivity index (χ0) is 23.5. The quantitative estimate of drug-likeness (QED) is 0.357. The molecule has 0 aromatic heterocycles. The van der Waals surface area contributed by atoms with E-state index in [1.165, 1.54) is 0 Å². The monoisotopic (exact) mass is 465 g/mol. The molecule has 0 aliphatic rings. The lowest BCUT2D eigenvalue weighted by Crippen LogP contribution is -2.26. The first-order valence-corrected chi connectivity index (χ1v) is 12.2. The summed E-state index contributed by atoms with van der Waals surface area (Å²) in [5.74, 6) is -0.965.